The molecule has 31 heavy (non-hydrogen) atoms. The molecular weight excluding hydrogens is 408 g/mol. The predicted octanol–water partition coefficient (Wildman–Crippen LogP) is 6.40. The monoisotopic (exact) mass is 448 g/mol. The third kappa shape index (κ3) is 12.4. The van der Waals surface area contributed by atoms with Crippen molar-refractivity contribution >= 4 is 23.0 Å². The Morgan fingerprint density at radius 1 is 1.13 bits per heavy atom. The number of benzene rings is 1. The van der Waals surface area contributed by atoms with Gasteiger partial charge in [-0.2, -0.15) is 0 Å². The highest BCUT2D eigenvalue weighted by Crippen LogP contribution is 2.22. The Morgan fingerprint density at radius 2 is 1.81 bits per heavy atom. The summed E-state index contributed by atoms with van der Waals surface area (Å²) < 4.78 is 5.20. The van der Waals surface area contributed by atoms with E-state index in [0.29, 0.717) is 10.9 Å². The molecule has 1 heterocycles. The van der Waals surface area contributed by atoms with Crippen LogP contribution in [-0.2, 0) is 6.42 Å². The lowest BCUT2D eigenvalue weighted by Crippen LogP contribution is -2.11. The third-order valence-corrected chi connectivity index (χ3v) is 4.60. The molecule has 0 unspecified atom stereocenters. The highest BCUT2D eigenvalue weighted by Gasteiger charge is 2.05. The molecule has 174 valence electrons. The maximum absolute atomic E-state index is 7.76. The minimum atomic E-state index is 0.491. The van der Waals surface area contributed by atoms with Gasteiger partial charge in [0, 0.05) is 23.2 Å². The van der Waals surface area contributed by atoms with Gasteiger partial charge in [0.1, 0.15) is 10.9 Å². The van der Waals surface area contributed by atoms with Crippen molar-refractivity contribution in [2.45, 2.75) is 59.8 Å². The molecule has 0 amide bonds. The quantitative estimate of drug-likeness (QED) is 0.278. The highest BCUT2D eigenvalue weighted by atomic mass is 35.5. The van der Waals surface area contributed by atoms with Crippen LogP contribution in [0.15, 0.2) is 30.5 Å². The summed E-state index contributed by atoms with van der Waals surface area (Å²) in [5.41, 5.74) is 10.2. The second kappa shape index (κ2) is 16.6. The molecule has 0 saturated heterocycles. The second-order valence-corrected chi connectivity index (χ2v) is 8.06. The highest BCUT2D eigenvalue weighted by molar-refractivity contribution is 6.29. The van der Waals surface area contributed by atoms with E-state index in [1.807, 2.05) is 25.1 Å². The average molecular weight is 449 g/mol. The SMILES string of the molecule is CCCC(=N)c1cnc(Cl)cc1C.CCCN(C)C.CCCc1cc(N)ccc1OC. The zero-order valence-electron chi connectivity index (χ0n) is 20.4. The lowest BCUT2D eigenvalue weighted by Gasteiger charge is -2.07. The first-order valence-electron chi connectivity index (χ1n) is 11.0. The van der Waals surface area contributed by atoms with E-state index in [4.69, 9.17) is 27.5 Å². The standard InChI is InChI=1S/C10H13ClN2.C10H15NO.C5H13N/c1-3-4-9(12)8-6-13-10(11)5-7(8)2;1-3-4-8-7-9(11)5-6-10(8)12-2;1-4-5-6(2)3/h5-6,12H,3-4H2,1-2H3;5-7H,3-4,11H2,1-2H3;4-5H2,1-3H3. The molecule has 0 spiro atoms. The minimum Gasteiger partial charge on any atom is -0.496 e. The van der Waals surface area contributed by atoms with Gasteiger partial charge in [-0.15, -0.1) is 0 Å². The largest absolute Gasteiger partial charge is 0.496 e. The summed E-state index contributed by atoms with van der Waals surface area (Å²) in [6.45, 7) is 9.54. The number of nitrogens with one attached hydrogen (secondary N) is 1. The molecule has 1 aromatic heterocycles. The lowest BCUT2D eigenvalue weighted by atomic mass is 10.0. The molecule has 2 aromatic rings. The number of nitrogens with zero attached hydrogens (tertiary/aromatic N) is 2. The normalized spacial score (nSPS) is 9.97. The van der Waals surface area contributed by atoms with Crippen molar-refractivity contribution in [3.05, 3.63) is 52.3 Å². The van der Waals surface area contributed by atoms with Gasteiger partial charge in [0.15, 0.2) is 0 Å². The molecule has 5 nitrogen and oxygen atoms in total. The number of aromatic nitrogens is 1. The third-order valence-electron chi connectivity index (χ3n) is 4.40. The summed E-state index contributed by atoms with van der Waals surface area (Å²) >= 11 is 5.72. The van der Waals surface area contributed by atoms with E-state index in [9.17, 15) is 0 Å². The number of methoxy groups -OCH3 is 1. The van der Waals surface area contributed by atoms with E-state index in [-0.39, 0.29) is 0 Å². The number of hydrogen-bond donors (Lipinski definition) is 2. The molecule has 0 aliphatic rings. The molecule has 6 heteroatoms. The molecule has 0 atom stereocenters. The van der Waals surface area contributed by atoms with Gasteiger partial charge in [0.05, 0.1) is 7.11 Å². The lowest BCUT2D eigenvalue weighted by molar-refractivity contribution is 0.408. The number of ether oxygens (including phenoxy) is 1. The molecular formula is C25H41ClN4O. The van der Waals surface area contributed by atoms with Crippen LogP contribution in [0.5, 0.6) is 5.75 Å². The van der Waals surface area contributed by atoms with Crippen molar-refractivity contribution in [1.82, 2.24) is 9.88 Å². The fourth-order valence-electron chi connectivity index (χ4n) is 2.93. The van der Waals surface area contributed by atoms with E-state index in [2.05, 4.69) is 44.8 Å². The Kier molecular flexibility index (Phi) is 15.4. The van der Waals surface area contributed by atoms with Crippen LogP contribution in [0.3, 0.4) is 0 Å². The number of pyridine rings is 1. The Bertz CT molecular complexity index is 778. The summed E-state index contributed by atoms with van der Waals surface area (Å²) in [4.78, 5) is 6.15. The Morgan fingerprint density at radius 3 is 2.26 bits per heavy atom. The smallest absolute Gasteiger partial charge is 0.129 e. The number of halogens is 1. The topological polar surface area (TPSA) is 75.2 Å². The van der Waals surface area contributed by atoms with E-state index in [0.717, 1.165) is 48.2 Å². The molecule has 0 aliphatic heterocycles. The Balaban J connectivity index is 0.000000466. The minimum absolute atomic E-state index is 0.491. The van der Waals surface area contributed by atoms with Gasteiger partial charge < -0.3 is 20.8 Å². The van der Waals surface area contributed by atoms with Crippen LogP contribution in [0.2, 0.25) is 5.15 Å². The Labute approximate surface area is 194 Å². The Hall–Kier alpha value is -2.11. The number of hydrogen-bond acceptors (Lipinski definition) is 5. The van der Waals surface area contributed by atoms with Gasteiger partial charge in [0.25, 0.3) is 0 Å². The van der Waals surface area contributed by atoms with E-state index >= 15 is 0 Å². The zero-order chi connectivity index (χ0) is 23.8. The summed E-state index contributed by atoms with van der Waals surface area (Å²) in [6.07, 6.45) is 6.85. The van der Waals surface area contributed by atoms with Crippen LogP contribution in [-0.4, -0.2) is 43.3 Å². The molecule has 0 fully saturated rings. The molecule has 0 bridgehead atoms. The maximum Gasteiger partial charge on any atom is 0.129 e. The second-order valence-electron chi connectivity index (χ2n) is 7.68. The van der Waals surface area contributed by atoms with Crippen molar-refractivity contribution in [1.29, 1.82) is 5.41 Å². The van der Waals surface area contributed by atoms with Crippen LogP contribution in [0.4, 0.5) is 5.69 Å². The number of anilines is 1. The summed E-state index contributed by atoms with van der Waals surface area (Å²) in [5, 5.41) is 8.25. The van der Waals surface area contributed by atoms with Gasteiger partial charge in [-0.05, 0) is 82.2 Å². The zero-order valence-corrected chi connectivity index (χ0v) is 21.1. The molecule has 2 rings (SSSR count). The molecule has 0 saturated carbocycles. The van der Waals surface area contributed by atoms with Gasteiger partial charge in [-0.1, -0.05) is 45.2 Å². The fraction of sp³-hybridized carbons (Fsp3) is 0.520. The first kappa shape index (κ1) is 28.9. The van der Waals surface area contributed by atoms with Crippen LogP contribution in [0.1, 0.15) is 63.1 Å². The van der Waals surface area contributed by atoms with Crippen molar-refractivity contribution in [2.75, 3.05) is 33.5 Å². The summed E-state index contributed by atoms with van der Waals surface area (Å²) in [6, 6.07) is 7.54. The van der Waals surface area contributed by atoms with Gasteiger partial charge in [-0.25, -0.2) is 4.98 Å². The number of nitrogens with two attached hydrogens (primary N) is 1. The summed E-state index contributed by atoms with van der Waals surface area (Å²) in [7, 11) is 5.86. The van der Waals surface area contributed by atoms with E-state index in [1.165, 1.54) is 18.5 Å². The van der Waals surface area contributed by atoms with Crippen LogP contribution in [0.25, 0.3) is 0 Å². The van der Waals surface area contributed by atoms with Crippen molar-refractivity contribution in [3.63, 3.8) is 0 Å². The van der Waals surface area contributed by atoms with Crippen LogP contribution >= 0.6 is 11.6 Å². The molecule has 1 aromatic carbocycles. The van der Waals surface area contributed by atoms with Crippen molar-refractivity contribution in [3.8, 4) is 5.75 Å². The fourth-order valence-corrected chi connectivity index (χ4v) is 3.15. The predicted molar refractivity (Wildman–Crippen MR) is 136 cm³/mol. The van der Waals surface area contributed by atoms with Crippen molar-refractivity contribution in [2.24, 2.45) is 0 Å². The van der Waals surface area contributed by atoms with E-state index < -0.39 is 0 Å². The van der Waals surface area contributed by atoms with Gasteiger partial charge in [-0.3, -0.25) is 0 Å². The van der Waals surface area contributed by atoms with E-state index in [1.54, 1.807) is 19.4 Å². The number of nitrogen functional groups attached to an aromatic ring is 1. The average Bonchev–Trinajstić information content (AvgIpc) is 2.69. The number of aryl methyl sites for hydroxylation is 2. The first-order chi connectivity index (χ1) is 14.7. The molecule has 3 N–H and O–H groups in total. The van der Waals surface area contributed by atoms with Gasteiger partial charge in [0.2, 0.25) is 0 Å². The molecule has 0 aliphatic carbocycles. The summed E-state index contributed by atoms with van der Waals surface area (Å²) in [5.74, 6) is 0.936. The van der Waals surface area contributed by atoms with Crippen LogP contribution in [0, 0.1) is 12.3 Å². The number of rotatable bonds is 8. The first-order valence-corrected chi connectivity index (χ1v) is 11.3. The maximum atomic E-state index is 7.76. The molecule has 0 radical (unpaired) electrons. The van der Waals surface area contributed by atoms with Crippen molar-refractivity contribution < 1.29 is 4.74 Å². The van der Waals surface area contributed by atoms with Crippen LogP contribution < -0.4 is 10.5 Å². The van der Waals surface area contributed by atoms with Gasteiger partial charge >= 0.3 is 0 Å².